The number of pyridine rings is 2. The van der Waals surface area contributed by atoms with Crippen molar-refractivity contribution in [2.24, 2.45) is 0 Å². The molecule has 1 aliphatic heterocycles. The second-order valence-electron chi connectivity index (χ2n) is 6.36. The van der Waals surface area contributed by atoms with E-state index in [0.29, 0.717) is 23.1 Å². The second-order valence-corrected chi connectivity index (χ2v) is 6.36. The summed E-state index contributed by atoms with van der Waals surface area (Å²) in [5.74, 6) is 0.440. The highest BCUT2D eigenvalue weighted by atomic mass is 19.1. The molecule has 28 heavy (non-hydrogen) atoms. The van der Waals surface area contributed by atoms with E-state index in [2.05, 4.69) is 20.6 Å². The smallest absolute Gasteiger partial charge is 0.213 e. The van der Waals surface area contributed by atoms with Gasteiger partial charge in [0, 0.05) is 6.07 Å². The van der Waals surface area contributed by atoms with Gasteiger partial charge in [0.2, 0.25) is 17.4 Å². The van der Waals surface area contributed by atoms with Crippen LogP contribution in [0.1, 0.15) is 18.5 Å². The average molecular weight is 392 g/mol. The largest absolute Gasteiger partial charge is 0.490 e. The van der Waals surface area contributed by atoms with Crippen molar-refractivity contribution in [2.75, 3.05) is 38.7 Å². The number of halogens is 1. The third-order valence-corrected chi connectivity index (χ3v) is 4.37. The van der Waals surface area contributed by atoms with Gasteiger partial charge in [-0.05, 0) is 38.9 Å². The molecule has 0 bridgehead atoms. The molecule has 3 rings (SSSR count). The number of ether oxygens (including phenoxy) is 3. The molecule has 0 amide bonds. The van der Waals surface area contributed by atoms with Gasteiger partial charge in [-0.2, -0.15) is 0 Å². The zero-order valence-corrected chi connectivity index (χ0v) is 16.0. The number of aliphatic hydroxyl groups is 1. The fourth-order valence-electron chi connectivity index (χ4n) is 2.95. The van der Waals surface area contributed by atoms with Crippen LogP contribution in [0.2, 0.25) is 0 Å². The zero-order chi connectivity index (χ0) is 19.9. The molecular formula is C19H25FN4O4. The highest BCUT2D eigenvalue weighted by molar-refractivity contribution is 5.67. The Morgan fingerprint density at radius 2 is 2.07 bits per heavy atom. The van der Waals surface area contributed by atoms with Crippen molar-refractivity contribution in [3.63, 3.8) is 0 Å². The second kappa shape index (κ2) is 9.52. The number of methoxy groups -OCH3 is 1. The summed E-state index contributed by atoms with van der Waals surface area (Å²) in [7, 11) is 1.45. The monoisotopic (exact) mass is 392 g/mol. The van der Waals surface area contributed by atoms with E-state index >= 15 is 0 Å². The first-order chi connectivity index (χ1) is 13.6. The Bertz CT molecular complexity index is 800. The minimum atomic E-state index is -0.566. The maximum atomic E-state index is 14.4. The lowest BCUT2D eigenvalue weighted by atomic mass is 10.1. The minimum absolute atomic E-state index is 0.0559. The van der Waals surface area contributed by atoms with Gasteiger partial charge in [-0.1, -0.05) is 0 Å². The number of hydrogen-bond donors (Lipinski definition) is 3. The van der Waals surface area contributed by atoms with Crippen molar-refractivity contribution in [1.29, 1.82) is 0 Å². The molecule has 9 heteroatoms. The molecule has 1 fully saturated rings. The molecule has 1 aliphatic rings. The molecular weight excluding hydrogens is 367 g/mol. The third kappa shape index (κ3) is 4.79. The molecule has 2 aromatic heterocycles. The molecule has 3 N–H and O–H groups in total. The number of hydrogen-bond acceptors (Lipinski definition) is 8. The number of rotatable bonds is 8. The molecule has 0 radical (unpaired) electrons. The van der Waals surface area contributed by atoms with Crippen LogP contribution < -0.4 is 24.8 Å². The summed E-state index contributed by atoms with van der Waals surface area (Å²) in [6.07, 6.45) is 2.63. The molecule has 0 atom stereocenters. The first-order valence-electron chi connectivity index (χ1n) is 9.20. The number of anilines is 2. The Labute approximate surface area is 163 Å². The molecule has 8 nitrogen and oxygen atoms in total. The van der Waals surface area contributed by atoms with Crippen molar-refractivity contribution >= 4 is 11.5 Å². The number of aryl methyl sites for hydroxylation is 1. The van der Waals surface area contributed by atoms with Crippen LogP contribution in [-0.2, 0) is 0 Å². The summed E-state index contributed by atoms with van der Waals surface area (Å²) >= 11 is 0. The van der Waals surface area contributed by atoms with Crippen molar-refractivity contribution in [2.45, 2.75) is 25.9 Å². The van der Waals surface area contributed by atoms with E-state index in [-0.39, 0.29) is 30.8 Å². The van der Waals surface area contributed by atoms with Crippen LogP contribution in [0.25, 0.3) is 0 Å². The summed E-state index contributed by atoms with van der Waals surface area (Å²) in [5.41, 5.74) is 1.33. The highest BCUT2D eigenvalue weighted by Crippen LogP contribution is 2.38. The fourth-order valence-corrected chi connectivity index (χ4v) is 2.95. The normalized spacial score (nSPS) is 14.6. The third-order valence-electron chi connectivity index (χ3n) is 4.37. The quantitative estimate of drug-likeness (QED) is 0.629. The number of aliphatic hydroxyl groups excluding tert-OH is 1. The molecule has 0 aromatic carbocycles. The molecule has 2 aromatic rings. The van der Waals surface area contributed by atoms with E-state index in [9.17, 15) is 4.39 Å². The fraction of sp³-hybridized carbons (Fsp3) is 0.474. The summed E-state index contributed by atoms with van der Waals surface area (Å²) < 4.78 is 31.0. The topological polar surface area (TPSA) is 97.8 Å². The number of nitrogens with one attached hydrogen (secondary N) is 2. The van der Waals surface area contributed by atoms with E-state index in [1.165, 1.54) is 7.11 Å². The van der Waals surface area contributed by atoms with Gasteiger partial charge >= 0.3 is 0 Å². The van der Waals surface area contributed by atoms with Gasteiger partial charge in [0.05, 0.1) is 31.3 Å². The summed E-state index contributed by atoms with van der Waals surface area (Å²) in [6, 6.07) is 3.44. The van der Waals surface area contributed by atoms with E-state index < -0.39 is 5.82 Å². The molecule has 1 saturated heterocycles. The molecule has 3 heterocycles. The van der Waals surface area contributed by atoms with Crippen molar-refractivity contribution in [1.82, 2.24) is 15.3 Å². The Balaban J connectivity index is 1.82. The first kappa shape index (κ1) is 20.1. The first-order valence-corrected chi connectivity index (χ1v) is 9.20. The van der Waals surface area contributed by atoms with Crippen LogP contribution in [-0.4, -0.2) is 54.6 Å². The van der Waals surface area contributed by atoms with Crippen LogP contribution >= 0.6 is 0 Å². The lowest BCUT2D eigenvalue weighted by Gasteiger charge is -2.25. The average Bonchev–Trinajstić information content (AvgIpc) is 2.71. The Morgan fingerprint density at radius 1 is 1.29 bits per heavy atom. The van der Waals surface area contributed by atoms with Gasteiger partial charge in [0.1, 0.15) is 12.7 Å². The standard InChI is InChI=1S/C19H25FN4O4/c1-12-15(3-4-16(23-12)27-10-9-25)24-19-18(26-2)17(14(20)11-22-19)28-13-5-7-21-8-6-13/h3-4,11,13,21,25H,5-10H2,1-2H3,(H,22,24). The maximum absolute atomic E-state index is 14.4. The number of piperidine rings is 1. The number of nitrogens with zero attached hydrogens (tertiary/aromatic N) is 2. The van der Waals surface area contributed by atoms with Crippen molar-refractivity contribution in [3.05, 3.63) is 29.8 Å². The van der Waals surface area contributed by atoms with Crippen LogP contribution in [0.4, 0.5) is 15.9 Å². The molecule has 0 spiro atoms. The van der Waals surface area contributed by atoms with E-state index in [1.807, 2.05) is 0 Å². The predicted octanol–water partition coefficient (Wildman–Crippen LogP) is 2.18. The van der Waals surface area contributed by atoms with E-state index in [0.717, 1.165) is 32.1 Å². The lowest BCUT2D eigenvalue weighted by Crippen LogP contribution is -2.34. The van der Waals surface area contributed by atoms with Crippen LogP contribution in [0.15, 0.2) is 18.3 Å². The summed E-state index contributed by atoms with van der Waals surface area (Å²) in [5, 5.41) is 15.2. The SMILES string of the molecule is COc1c(Nc2ccc(OCCO)nc2C)ncc(F)c1OC1CCNCC1. The Kier molecular flexibility index (Phi) is 6.83. The van der Waals surface area contributed by atoms with Gasteiger partial charge in [-0.25, -0.2) is 14.4 Å². The van der Waals surface area contributed by atoms with E-state index in [1.54, 1.807) is 19.1 Å². The molecule has 0 aliphatic carbocycles. The summed E-state index contributed by atoms with van der Waals surface area (Å²) in [6.45, 7) is 3.55. The van der Waals surface area contributed by atoms with Gasteiger partial charge in [-0.15, -0.1) is 0 Å². The van der Waals surface area contributed by atoms with E-state index in [4.69, 9.17) is 19.3 Å². The summed E-state index contributed by atoms with van der Waals surface area (Å²) in [4.78, 5) is 8.43. The van der Waals surface area contributed by atoms with Crippen LogP contribution in [0.3, 0.4) is 0 Å². The van der Waals surface area contributed by atoms with Gasteiger partial charge in [0.25, 0.3) is 0 Å². The Hall–Kier alpha value is -2.65. The highest BCUT2D eigenvalue weighted by Gasteiger charge is 2.23. The van der Waals surface area contributed by atoms with Crippen LogP contribution in [0, 0.1) is 12.7 Å². The zero-order valence-electron chi connectivity index (χ0n) is 16.0. The number of aromatic nitrogens is 2. The van der Waals surface area contributed by atoms with Crippen molar-refractivity contribution in [3.8, 4) is 17.4 Å². The van der Waals surface area contributed by atoms with Gasteiger partial charge < -0.3 is 30.0 Å². The van der Waals surface area contributed by atoms with Crippen molar-refractivity contribution < 1.29 is 23.7 Å². The lowest BCUT2D eigenvalue weighted by molar-refractivity contribution is 0.149. The van der Waals surface area contributed by atoms with Crippen LogP contribution in [0.5, 0.6) is 17.4 Å². The predicted molar refractivity (Wildman–Crippen MR) is 102 cm³/mol. The van der Waals surface area contributed by atoms with Gasteiger partial charge in [-0.3, -0.25) is 0 Å². The molecule has 152 valence electrons. The molecule has 0 saturated carbocycles. The Morgan fingerprint density at radius 3 is 2.75 bits per heavy atom. The maximum Gasteiger partial charge on any atom is 0.213 e. The minimum Gasteiger partial charge on any atom is -0.490 e. The van der Waals surface area contributed by atoms with Gasteiger partial charge in [0.15, 0.2) is 11.6 Å². The molecule has 0 unspecified atom stereocenters.